The minimum Gasteiger partial charge on any atom is -0.462 e. The average molecular weight is 283 g/mol. The number of hydrogen-bond donors (Lipinski definition) is 2. The summed E-state index contributed by atoms with van der Waals surface area (Å²) in [7, 11) is 0. The molecule has 0 aliphatic heterocycles. The fourth-order valence-electron chi connectivity index (χ4n) is 1.91. The molecule has 1 aromatic heterocycles. The van der Waals surface area contributed by atoms with Crippen LogP contribution >= 0.6 is 11.6 Å². The fourth-order valence-corrected chi connectivity index (χ4v) is 2.07. The third-order valence-electron chi connectivity index (χ3n) is 2.58. The first-order valence-electron chi connectivity index (χ1n) is 6.08. The summed E-state index contributed by atoms with van der Waals surface area (Å²) in [5.41, 5.74) is 1.36. The molecule has 0 saturated carbocycles. The quantitative estimate of drug-likeness (QED) is 0.502. The SMILES string of the molecule is CCOC(=O)/C(C=N)=C(/c1cc(Cl)c[nH]1)C(C)(C)C. The molecule has 0 aromatic carbocycles. The lowest BCUT2D eigenvalue weighted by atomic mass is 9.81. The van der Waals surface area contributed by atoms with Crippen molar-refractivity contribution in [2.24, 2.45) is 5.41 Å². The second kappa shape index (κ2) is 6.06. The molecule has 0 aliphatic carbocycles. The number of ether oxygens (including phenoxy) is 1. The van der Waals surface area contributed by atoms with Crippen LogP contribution in [0.4, 0.5) is 0 Å². The van der Waals surface area contributed by atoms with Gasteiger partial charge in [0.2, 0.25) is 0 Å². The Hall–Kier alpha value is -1.55. The molecule has 0 amide bonds. The first-order chi connectivity index (χ1) is 8.81. The maximum atomic E-state index is 12.0. The van der Waals surface area contributed by atoms with Crippen molar-refractivity contribution in [1.82, 2.24) is 4.98 Å². The van der Waals surface area contributed by atoms with Crippen LogP contribution in [0.5, 0.6) is 0 Å². The van der Waals surface area contributed by atoms with Crippen LogP contribution in [0.1, 0.15) is 33.4 Å². The zero-order valence-corrected chi connectivity index (χ0v) is 12.4. The van der Waals surface area contributed by atoms with E-state index in [-0.39, 0.29) is 17.6 Å². The van der Waals surface area contributed by atoms with Crippen molar-refractivity contribution in [3.63, 3.8) is 0 Å². The number of nitrogens with one attached hydrogen (secondary N) is 2. The van der Waals surface area contributed by atoms with Gasteiger partial charge in [0.1, 0.15) is 0 Å². The number of hydrogen-bond acceptors (Lipinski definition) is 3. The van der Waals surface area contributed by atoms with Gasteiger partial charge in [-0.3, -0.25) is 0 Å². The molecule has 1 aromatic rings. The Morgan fingerprint density at radius 2 is 2.16 bits per heavy atom. The van der Waals surface area contributed by atoms with Crippen LogP contribution in [0.25, 0.3) is 5.57 Å². The first-order valence-corrected chi connectivity index (χ1v) is 6.45. The summed E-state index contributed by atoms with van der Waals surface area (Å²) in [5, 5.41) is 8.06. The Balaban J connectivity index is 3.44. The fraction of sp³-hybridized carbons (Fsp3) is 0.429. The third-order valence-corrected chi connectivity index (χ3v) is 2.79. The molecule has 1 rings (SSSR count). The van der Waals surface area contributed by atoms with Crippen LogP contribution in [0.3, 0.4) is 0 Å². The van der Waals surface area contributed by atoms with Crippen molar-refractivity contribution in [2.75, 3.05) is 6.61 Å². The second-order valence-corrected chi connectivity index (χ2v) is 5.57. The molecule has 1 heterocycles. The normalized spacial score (nSPS) is 12.9. The maximum absolute atomic E-state index is 12.0. The van der Waals surface area contributed by atoms with Crippen molar-refractivity contribution >= 4 is 29.4 Å². The van der Waals surface area contributed by atoms with E-state index in [4.69, 9.17) is 21.7 Å². The molecule has 4 nitrogen and oxygen atoms in total. The Kier molecular flexibility index (Phi) is 4.95. The lowest BCUT2D eigenvalue weighted by Crippen LogP contribution is -2.18. The van der Waals surface area contributed by atoms with Gasteiger partial charge < -0.3 is 15.1 Å². The molecule has 19 heavy (non-hydrogen) atoms. The van der Waals surface area contributed by atoms with Gasteiger partial charge in [0.25, 0.3) is 0 Å². The van der Waals surface area contributed by atoms with Crippen LogP contribution in [-0.2, 0) is 9.53 Å². The molecule has 2 N–H and O–H groups in total. The molecule has 0 bridgehead atoms. The van der Waals surface area contributed by atoms with E-state index in [1.54, 1.807) is 19.2 Å². The molecule has 104 valence electrons. The van der Waals surface area contributed by atoms with Crippen molar-refractivity contribution in [3.8, 4) is 0 Å². The lowest BCUT2D eigenvalue weighted by Gasteiger charge is -2.24. The second-order valence-electron chi connectivity index (χ2n) is 5.14. The Bertz CT molecular complexity index is 510. The molecule has 0 spiro atoms. The summed E-state index contributed by atoms with van der Waals surface area (Å²) in [5.74, 6) is -0.492. The molecule has 0 aliphatic rings. The molecule has 0 atom stereocenters. The van der Waals surface area contributed by atoms with E-state index in [0.717, 1.165) is 11.9 Å². The number of rotatable bonds is 4. The Morgan fingerprint density at radius 1 is 1.53 bits per heavy atom. The van der Waals surface area contributed by atoms with Gasteiger partial charge in [0, 0.05) is 18.1 Å². The van der Waals surface area contributed by atoms with Crippen LogP contribution in [-0.4, -0.2) is 23.8 Å². The summed E-state index contributed by atoms with van der Waals surface area (Å²) >= 11 is 5.92. The minimum atomic E-state index is -0.492. The average Bonchev–Trinajstić information content (AvgIpc) is 2.70. The van der Waals surface area contributed by atoms with Crippen molar-refractivity contribution < 1.29 is 9.53 Å². The van der Waals surface area contributed by atoms with E-state index >= 15 is 0 Å². The van der Waals surface area contributed by atoms with Crippen molar-refractivity contribution in [2.45, 2.75) is 27.7 Å². The van der Waals surface area contributed by atoms with E-state index in [9.17, 15) is 4.79 Å². The van der Waals surface area contributed by atoms with Gasteiger partial charge in [0.05, 0.1) is 17.2 Å². The summed E-state index contributed by atoms with van der Waals surface area (Å²) < 4.78 is 5.00. The maximum Gasteiger partial charge on any atom is 0.340 e. The molecule has 0 unspecified atom stereocenters. The predicted octanol–water partition coefficient (Wildman–Crippen LogP) is 3.68. The molecule has 0 fully saturated rings. The van der Waals surface area contributed by atoms with Crippen LogP contribution in [0.2, 0.25) is 5.02 Å². The number of H-pyrrole nitrogens is 1. The van der Waals surface area contributed by atoms with Gasteiger partial charge in [-0.1, -0.05) is 32.4 Å². The van der Waals surface area contributed by atoms with Crippen LogP contribution in [0, 0.1) is 10.8 Å². The van der Waals surface area contributed by atoms with Gasteiger partial charge in [0.15, 0.2) is 0 Å². The van der Waals surface area contributed by atoms with Crippen LogP contribution < -0.4 is 0 Å². The monoisotopic (exact) mass is 282 g/mol. The zero-order chi connectivity index (χ0) is 14.6. The first kappa shape index (κ1) is 15.5. The van der Waals surface area contributed by atoms with E-state index in [1.807, 2.05) is 20.8 Å². The number of aromatic amines is 1. The minimum absolute atomic E-state index is 0.243. The topological polar surface area (TPSA) is 65.9 Å². The lowest BCUT2D eigenvalue weighted by molar-refractivity contribution is -0.137. The smallest absolute Gasteiger partial charge is 0.340 e. The zero-order valence-electron chi connectivity index (χ0n) is 11.6. The van der Waals surface area contributed by atoms with E-state index in [1.165, 1.54) is 0 Å². The predicted molar refractivity (Wildman–Crippen MR) is 77.6 cm³/mol. The Morgan fingerprint density at radius 3 is 2.53 bits per heavy atom. The summed E-state index contributed by atoms with van der Waals surface area (Å²) in [6, 6.07) is 1.74. The van der Waals surface area contributed by atoms with Gasteiger partial charge in [-0.05, 0) is 24.0 Å². The van der Waals surface area contributed by atoms with Gasteiger partial charge in [-0.25, -0.2) is 4.79 Å². The summed E-state index contributed by atoms with van der Waals surface area (Å²) in [6.07, 6.45) is 2.68. The van der Waals surface area contributed by atoms with E-state index < -0.39 is 5.97 Å². The standard InChI is InChI=1S/C14H19ClN2O2/c1-5-19-13(18)10(7-16)12(14(2,3)4)11-6-9(15)8-17-11/h6-8,16-17H,5H2,1-4H3/b12-10-,16-7?. The molecule has 0 saturated heterocycles. The molecule has 0 radical (unpaired) electrons. The number of aromatic nitrogens is 1. The summed E-state index contributed by atoms with van der Waals surface area (Å²) in [4.78, 5) is 15.0. The number of halogens is 1. The molecular formula is C14H19ClN2O2. The van der Waals surface area contributed by atoms with E-state index in [0.29, 0.717) is 10.6 Å². The highest BCUT2D eigenvalue weighted by molar-refractivity contribution is 6.30. The largest absolute Gasteiger partial charge is 0.462 e. The highest BCUT2D eigenvalue weighted by atomic mass is 35.5. The molecule has 5 heteroatoms. The van der Waals surface area contributed by atoms with Crippen molar-refractivity contribution in [3.05, 3.63) is 28.6 Å². The Labute approximate surface area is 118 Å². The third kappa shape index (κ3) is 3.70. The van der Waals surface area contributed by atoms with Gasteiger partial charge >= 0.3 is 5.97 Å². The van der Waals surface area contributed by atoms with Crippen LogP contribution in [0.15, 0.2) is 17.8 Å². The number of esters is 1. The highest BCUT2D eigenvalue weighted by Gasteiger charge is 2.27. The molecular weight excluding hydrogens is 264 g/mol. The number of allylic oxidation sites excluding steroid dienone is 1. The highest BCUT2D eigenvalue weighted by Crippen LogP contribution is 2.36. The van der Waals surface area contributed by atoms with Crippen molar-refractivity contribution in [1.29, 1.82) is 5.41 Å². The number of carbonyl (C=O) groups is 1. The number of carbonyl (C=O) groups excluding carboxylic acids is 1. The van der Waals surface area contributed by atoms with E-state index in [2.05, 4.69) is 4.98 Å². The van der Waals surface area contributed by atoms with Gasteiger partial charge in [-0.2, -0.15) is 0 Å². The van der Waals surface area contributed by atoms with Gasteiger partial charge in [-0.15, -0.1) is 0 Å². The summed E-state index contributed by atoms with van der Waals surface area (Å²) in [6.45, 7) is 7.93.